The summed E-state index contributed by atoms with van der Waals surface area (Å²) in [4.78, 5) is 0. The molecule has 3 heteroatoms. The van der Waals surface area contributed by atoms with E-state index < -0.39 is 0 Å². The molecular formula is C6H13NOS. The molecular weight excluding hydrogens is 134 g/mol. The summed E-state index contributed by atoms with van der Waals surface area (Å²) in [5.41, 5.74) is 0. The van der Waals surface area contributed by atoms with Crippen LogP contribution in [0.4, 0.5) is 0 Å². The van der Waals surface area contributed by atoms with Crippen molar-refractivity contribution in [3.05, 3.63) is 0 Å². The quantitative estimate of drug-likeness (QED) is 0.547. The summed E-state index contributed by atoms with van der Waals surface area (Å²) in [6, 6.07) is 0. The second kappa shape index (κ2) is 4.14. The van der Waals surface area contributed by atoms with Gasteiger partial charge < -0.3 is 4.74 Å². The number of ether oxygens (including phenoxy) is 1. The average molecular weight is 147 g/mol. The van der Waals surface area contributed by atoms with Gasteiger partial charge in [0.1, 0.15) is 5.94 Å². The van der Waals surface area contributed by atoms with Gasteiger partial charge in [-0.3, -0.25) is 0 Å². The molecule has 0 bridgehead atoms. The Hall–Kier alpha value is 0.270. The predicted octanol–water partition coefficient (Wildman–Crippen LogP) is 1.33. The minimum Gasteiger partial charge on any atom is -0.368 e. The Kier molecular flexibility index (Phi) is 3.40. The highest BCUT2D eigenvalue weighted by Crippen LogP contribution is 2.13. The van der Waals surface area contributed by atoms with Gasteiger partial charge in [-0.2, -0.15) is 0 Å². The van der Waals surface area contributed by atoms with Crippen molar-refractivity contribution >= 4 is 11.9 Å². The maximum atomic E-state index is 5.17. The van der Waals surface area contributed by atoms with Gasteiger partial charge in [-0.25, -0.2) is 4.31 Å². The minimum absolute atomic E-state index is 0.847. The van der Waals surface area contributed by atoms with Gasteiger partial charge in [-0.05, 0) is 6.42 Å². The highest BCUT2D eigenvalue weighted by atomic mass is 32.2. The largest absolute Gasteiger partial charge is 0.368 e. The van der Waals surface area contributed by atoms with Gasteiger partial charge in [0.25, 0.3) is 0 Å². The molecule has 1 heterocycles. The molecule has 0 N–H and O–H groups in total. The van der Waals surface area contributed by atoms with Crippen LogP contribution in [0.2, 0.25) is 0 Å². The Labute approximate surface area is 60.7 Å². The van der Waals surface area contributed by atoms with Crippen LogP contribution in [0, 0.1) is 0 Å². The van der Waals surface area contributed by atoms with E-state index in [0.29, 0.717) is 0 Å². The van der Waals surface area contributed by atoms with Crippen molar-refractivity contribution in [2.24, 2.45) is 0 Å². The average Bonchev–Trinajstić information content (AvgIpc) is 1.91. The van der Waals surface area contributed by atoms with Crippen LogP contribution in [-0.2, 0) is 4.74 Å². The van der Waals surface area contributed by atoms with Crippen molar-refractivity contribution < 1.29 is 4.74 Å². The van der Waals surface area contributed by atoms with Crippen LogP contribution in [0.5, 0.6) is 0 Å². The van der Waals surface area contributed by atoms with Gasteiger partial charge in [0.15, 0.2) is 0 Å². The van der Waals surface area contributed by atoms with Crippen molar-refractivity contribution in [2.75, 3.05) is 25.6 Å². The molecule has 1 saturated heterocycles. The van der Waals surface area contributed by atoms with E-state index in [1.165, 1.54) is 13.0 Å². The lowest BCUT2D eigenvalue weighted by Gasteiger charge is -2.24. The van der Waals surface area contributed by atoms with E-state index in [9.17, 15) is 0 Å². The lowest BCUT2D eigenvalue weighted by molar-refractivity contribution is 0.148. The van der Waals surface area contributed by atoms with E-state index in [-0.39, 0.29) is 0 Å². The first kappa shape index (κ1) is 7.38. The summed E-state index contributed by atoms with van der Waals surface area (Å²) < 4.78 is 7.53. The molecule has 1 fully saturated rings. The molecule has 0 spiro atoms. The molecule has 1 rings (SSSR count). The monoisotopic (exact) mass is 147 g/mol. The zero-order valence-corrected chi connectivity index (χ0v) is 6.62. The summed E-state index contributed by atoms with van der Waals surface area (Å²) in [7, 11) is 0. The van der Waals surface area contributed by atoms with Crippen LogP contribution in [0.1, 0.15) is 13.3 Å². The topological polar surface area (TPSA) is 12.5 Å². The number of hydrogen-bond donors (Lipinski definition) is 0. The van der Waals surface area contributed by atoms with Gasteiger partial charge in [-0.15, -0.1) is 0 Å². The van der Waals surface area contributed by atoms with Gasteiger partial charge in [0, 0.05) is 13.1 Å². The summed E-state index contributed by atoms with van der Waals surface area (Å²) in [5, 5.41) is 0. The van der Waals surface area contributed by atoms with Crippen molar-refractivity contribution in [1.82, 2.24) is 4.31 Å². The van der Waals surface area contributed by atoms with Gasteiger partial charge in [0.2, 0.25) is 0 Å². The molecule has 9 heavy (non-hydrogen) atoms. The van der Waals surface area contributed by atoms with Crippen molar-refractivity contribution in [3.8, 4) is 0 Å². The third-order valence-corrected chi connectivity index (χ3v) is 2.28. The van der Waals surface area contributed by atoms with E-state index in [1.807, 2.05) is 0 Å². The van der Waals surface area contributed by atoms with Crippen molar-refractivity contribution in [2.45, 2.75) is 13.3 Å². The highest BCUT2D eigenvalue weighted by Gasteiger charge is 2.08. The maximum absolute atomic E-state index is 5.17. The van der Waals surface area contributed by atoms with E-state index in [2.05, 4.69) is 11.2 Å². The first-order valence-electron chi connectivity index (χ1n) is 3.39. The Morgan fingerprint density at radius 1 is 1.67 bits per heavy atom. The molecule has 0 aromatic carbocycles. The molecule has 0 unspecified atom stereocenters. The Morgan fingerprint density at radius 3 is 3.11 bits per heavy atom. The number of rotatable bonds is 2. The van der Waals surface area contributed by atoms with E-state index >= 15 is 0 Å². The molecule has 0 amide bonds. The number of hydrogen-bond acceptors (Lipinski definition) is 3. The fourth-order valence-electron chi connectivity index (χ4n) is 0.827. The molecule has 0 atom stereocenters. The zero-order chi connectivity index (χ0) is 6.53. The normalized spacial score (nSPS) is 22.3. The summed E-state index contributed by atoms with van der Waals surface area (Å²) in [5.74, 6) is 0.847. The molecule has 0 aromatic rings. The SMILES string of the molecule is CCCN1CCOCS1. The Bertz CT molecular complexity index is 70.7. The molecule has 0 aliphatic carbocycles. The van der Waals surface area contributed by atoms with Crippen molar-refractivity contribution in [3.63, 3.8) is 0 Å². The summed E-state index contributed by atoms with van der Waals surface area (Å²) >= 11 is 1.80. The third-order valence-electron chi connectivity index (χ3n) is 1.28. The second-order valence-corrected chi connectivity index (χ2v) is 3.09. The highest BCUT2D eigenvalue weighted by molar-refractivity contribution is 7.96. The molecule has 0 saturated carbocycles. The lowest BCUT2D eigenvalue weighted by atomic mass is 10.5. The molecule has 2 nitrogen and oxygen atoms in total. The second-order valence-electron chi connectivity index (χ2n) is 2.08. The van der Waals surface area contributed by atoms with Crippen LogP contribution >= 0.6 is 11.9 Å². The van der Waals surface area contributed by atoms with Gasteiger partial charge in [0.05, 0.1) is 6.61 Å². The van der Waals surface area contributed by atoms with Gasteiger partial charge in [-0.1, -0.05) is 18.9 Å². The lowest BCUT2D eigenvalue weighted by Crippen LogP contribution is -2.26. The van der Waals surface area contributed by atoms with Crippen LogP contribution < -0.4 is 0 Å². The Balaban J connectivity index is 2.08. The predicted molar refractivity (Wildman–Crippen MR) is 40.3 cm³/mol. The van der Waals surface area contributed by atoms with Crippen LogP contribution in [-0.4, -0.2) is 29.9 Å². The van der Waals surface area contributed by atoms with Crippen LogP contribution in [0.3, 0.4) is 0 Å². The molecule has 1 aliphatic rings. The van der Waals surface area contributed by atoms with Crippen LogP contribution in [0.15, 0.2) is 0 Å². The van der Waals surface area contributed by atoms with E-state index in [1.54, 1.807) is 11.9 Å². The molecule has 54 valence electrons. The zero-order valence-electron chi connectivity index (χ0n) is 5.80. The smallest absolute Gasteiger partial charge is 0.107 e. The molecule has 0 radical (unpaired) electrons. The number of nitrogens with zero attached hydrogens (tertiary/aromatic N) is 1. The van der Waals surface area contributed by atoms with Gasteiger partial charge >= 0.3 is 0 Å². The third kappa shape index (κ3) is 2.56. The first-order valence-corrected chi connectivity index (χ1v) is 4.33. The van der Waals surface area contributed by atoms with Crippen molar-refractivity contribution in [1.29, 1.82) is 0 Å². The molecule has 0 aromatic heterocycles. The van der Waals surface area contributed by atoms with Crippen LogP contribution in [0.25, 0.3) is 0 Å². The standard InChI is InChI=1S/C6H13NOS/c1-2-3-7-4-5-8-6-9-7/h2-6H2,1H3. The molecule has 1 aliphatic heterocycles. The summed E-state index contributed by atoms with van der Waals surface area (Å²) in [6.07, 6.45) is 1.24. The fraction of sp³-hybridized carbons (Fsp3) is 1.00. The minimum atomic E-state index is 0.847. The van der Waals surface area contributed by atoms with E-state index in [0.717, 1.165) is 19.1 Å². The van der Waals surface area contributed by atoms with E-state index in [4.69, 9.17) is 4.74 Å². The summed E-state index contributed by atoms with van der Waals surface area (Å²) in [6.45, 7) is 5.41. The first-order chi connectivity index (χ1) is 4.43. The Morgan fingerprint density at radius 2 is 2.56 bits per heavy atom. The maximum Gasteiger partial charge on any atom is 0.107 e. The fourth-order valence-corrected chi connectivity index (χ4v) is 1.68.